The Morgan fingerprint density at radius 3 is 2.22 bits per heavy atom. The van der Waals surface area contributed by atoms with Crippen molar-refractivity contribution in [2.75, 3.05) is 7.05 Å². The number of carboxylic acid groups (broad SMARTS) is 1. The quantitative estimate of drug-likeness (QED) is 0.806. The van der Waals surface area contributed by atoms with Gasteiger partial charge >= 0.3 is 5.97 Å². The normalized spacial score (nSPS) is 11.7. The van der Waals surface area contributed by atoms with Gasteiger partial charge in [-0.25, -0.2) is 0 Å². The number of hydrogen-bond donors (Lipinski definition) is 1. The largest absolute Gasteiger partial charge is 0.481 e. The number of nitrogens with zero attached hydrogens (tertiary/aromatic N) is 1. The van der Waals surface area contributed by atoms with Crippen molar-refractivity contribution >= 4 is 17.8 Å². The first-order chi connectivity index (χ1) is 8.43. The van der Waals surface area contributed by atoms with Crippen LogP contribution in [-0.4, -0.2) is 34.8 Å². The summed E-state index contributed by atoms with van der Waals surface area (Å²) >= 11 is 0. The molecule has 1 unspecified atom stereocenters. The maximum Gasteiger partial charge on any atom is 0.316 e. The van der Waals surface area contributed by atoms with Crippen molar-refractivity contribution in [2.45, 2.75) is 13.3 Å². The Morgan fingerprint density at radius 1 is 1.22 bits per heavy atom. The second-order valence-electron chi connectivity index (χ2n) is 4.00. The van der Waals surface area contributed by atoms with Gasteiger partial charge in [0.15, 0.2) is 0 Å². The third kappa shape index (κ3) is 3.41. The molecule has 0 aliphatic carbocycles. The molecule has 96 valence electrons. The van der Waals surface area contributed by atoms with Crippen molar-refractivity contribution in [3.05, 3.63) is 35.9 Å². The van der Waals surface area contributed by atoms with E-state index in [-0.39, 0.29) is 6.42 Å². The fourth-order valence-corrected chi connectivity index (χ4v) is 1.52. The number of imide groups is 1. The molecule has 0 heterocycles. The third-order valence-electron chi connectivity index (χ3n) is 2.68. The summed E-state index contributed by atoms with van der Waals surface area (Å²) in [7, 11) is 1.28. The molecule has 1 atom stereocenters. The first-order valence-electron chi connectivity index (χ1n) is 5.48. The molecule has 18 heavy (non-hydrogen) atoms. The first-order valence-corrected chi connectivity index (χ1v) is 5.48. The van der Waals surface area contributed by atoms with Gasteiger partial charge in [-0.05, 0) is 12.0 Å². The fraction of sp³-hybridized carbons (Fsp3) is 0.308. The Morgan fingerprint density at radius 2 is 1.78 bits per heavy atom. The summed E-state index contributed by atoms with van der Waals surface area (Å²) in [5, 5.41) is 9.08. The minimum atomic E-state index is -1.23. The number of carbonyl (C=O) groups is 3. The molecular weight excluding hydrogens is 234 g/mol. The average molecular weight is 249 g/mol. The maximum atomic E-state index is 11.9. The summed E-state index contributed by atoms with van der Waals surface area (Å²) in [6, 6.07) is 8.84. The zero-order valence-corrected chi connectivity index (χ0v) is 10.3. The average Bonchev–Trinajstić information content (AvgIpc) is 2.35. The van der Waals surface area contributed by atoms with Crippen molar-refractivity contribution in [1.82, 2.24) is 4.90 Å². The van der Waals surface area contributed by atoms with Crippen LogP contribution in [0, 0.1) is 5.92 Å². The van der Waals surface area contributed by atoms with Crippen molar-refractivity contribution in [3.8, 4) is 0 Å². The van der Waals surface area contributed by atoms with Gasteiger partial charge in [0, 0.05) is 14.0 Å². The highest BCUT2D eigenvalue weighted by molar-refractivity contribution is 6.04. The van der Waals surface area contributed by atoms with Crippen molar-refractivity contribution in [2.24, 2.45) is 5.92 Å². The Hall–Kier alpha value is -2.17. The van der Waals surface area contributed by atoms with E-state index in [9.17, 15) is 14.4 Å². The lowest BCUT2D eigenvalue weighted by Crippen LogP contribution is -2.40. The van der Waals surface area contributed by atoms with Gasteiger partial charge in [0.05, 0.1) is 0 Å². The van der Waals surface area contributed by atoms with Crippen LogP contribution in [0.15, 0.2) is 30.3 Å². The topological polar surface area (TPSA) is 74.7 Å². The van der Waals surface area contributed by atoms with E-state index in [1.807, 2.05) is 6.07 Å². The summed E-state index contributed by atoms with van der Waals surface area (Å²) in [4.78, 5) is 34.9. The van der Waals surface area contributed by atoms with E-state index in [2.05, 4.69) is 0 Å². The Bertz CT molecular complexity index is 455. The van der Waals surface area contributed by atoms with E-state index < -0.39 is 23.7 Å². The fourth-order valence-electron chi connectivity index (χ4n) is 1.52. The second kappa shape index (κ2) is 5.95. The lowest BCUT2D eigenvalue weighted by atomic mass is 9.98. The van der Waals surface area contributed by atoms with E-state index in [0.717, 1.165) is 10.5 Å². The number of rotatable bonds is 4. The molecule has 1 aromatic rings. The summed E-state index contributed by atoms with van der Waals surface area (Å²) < 4.78 is 0. The van der Waals surface area contributed by atoms with E-state index in [4.69, 9.17) is 5.11 Å². The predicted molar refractivity (Wildman–Crippen MR) is 64.7 cm³/mol. The van der Waals surface area contributed by atoms with Crippen LogP contribution in [0.4, 0.5) is 0 Å². The highest BCUT2D eigenvalue weighted by Gasteiger charge is 2.30. The van der Waals surface area contributed by atoms with E-state index in [1.165, 1.54) is 14.0 Å². The van der Waals surface area contributed by atoms with Gasteiger partial charge in [0.2, 0.25) is 11.8 Å². The van der Waals surface area contributed by atoms with E-state index >= 15 is 0 Å². The maximum absolute atomic E-state index is 11.9. The smallest absolute Gasteiger partial charge is 0.316 e. The van der Waals surface area contributed by atoms with Crippen LogP contribution in [0.5, 0.6) is 0 Å². The number of amides is 2. The number of carbonyl (C=O) groups excluding carboxylic acids is 2. The highest BCUT2D eigenvalue weighted by atomic mass is 16.4. The first kappa shape index (κ1) is 13.9. The summed E-state index contributed by atoms with van der Waals surface area (Å²) in [5.41, 5.74) is 0.746. The van der Waals surface area contributed by atoms with Gasteiger partial charge in [0.25, 0.3) is 0 Å². The predicted octanol–water partition coefficient (Wildman–Crippen LogP) is 0.935. The number of aliphatic carboxylic acids is 1. The molecule has 0 fully saturated rings. The summed E-state index contributed by atoms with van der Waals surface area (Å²) in [6.07, 6.45) is 0.0760. The van der Waals surface area contributed by atoms with Gasteiger partial charge in [0.1, 0.15) is 5.92 Å². The molecule has 5 heteroatoms. The molecule has 5 nitrogen and oxygen atoms in total. The highest BCUT2D eigenvalue weighted by Crippen LogP contribution is 2.12. The molecule has 0 aromatic heterocycles. The third-order valence-corrected chi connectivity index (χ3v) is 2.68. The molecular formula is C13H15NO4. The molecule has 0 bridgehead atoms. The summed E-state index contributed by atoms with van der Waals surface area (Å²) in [5.74, 6) is -3.63. The second-order valence-corrected chi connectivity index (χ2v) is 4.00. The number of carboxylic acids is 1. The van der Waals surface area contributed by atoms with E-state index in [0.29, 0.717) is 0 Å². The number of hydrogen-bond acceptors (Lipinski definition) is 3. The molecule has 2 amide bonds. The minimum absolute atomic E-state index is 0.0760. The van der Waals surface area contributed by atoms with Crippen LogP contribution in [0.1, 0.15) is 12.5 Å². The van der Waals surface area contributed by atoms with Gasteiger partial charge in [-0.1, -0.05) is 30.3 Å². The Balaban J connectivity index is 2.87. The molecule has 1 rings (SSSR count). The Kier molecular flexibility index (Phi) is 4.59. The van der Waals surface area contributed by atoms with Crippen LogP contribution in [0.25, 0.3) is 0 Å². The zero-order chi connectivity index (χ0) is 13.7. The summed E-state index contributed by atoms with van der Waals surface area (Å²) in [6.45, 7) is 1.22. The van der Waals surface area contributed by atoms with Crippen molar-refractivity contribution in [1.29, 1.82) is 0 Å². The molecule has 0 saturated carbocycles. The van der Waals surface area contributed by atoms with Crippen LogP contribution in [0.3, 0.4) is 0 Å². The van der Waals surface area contributed by atoms with Gasteiger partial charge in [-0.15, -0.1) is 0 Å². The SMILES string of the molecule is CC(=O)N(C)C(=O)C(Cc1ccccc1)C(=O)O. The molecule has 0 saturated heterocycles. The van der Waals surface area contributed by atoms with Crippen LogP contribution < -0.4 is 0 Å². The van der Waals surface area contributed by atoms with Crippen molar-refractivity contribution < 1.29 is 19.5 Å². The molecule has 0 spiro atoms. The van der Waals surface area contributed by atoms with Crippen LogP contribution in [-0.2, 0) is 20.8 Å². The lowest BCUT2D eigenvalue weighted by molar-refractivity contribution is -0.153. The molecule has 0 aliphatic rings. The molecule has 0 aliphatic heterocycles. The monoisotopic (exact) mass is 249 g/mol. The molecule has 1 aromatic carbocycles. The van der Waals surface area contributed by atoms with Crippen LogP contribution >= 0.6 is 0 Å². The standard InChI is InChI=1S/C13H15NO4/c1-9(15)14(2)12(16)11(13(17)18)8-10-6-4-3-5-7-10/h3-7,11H,8H2,1-2H3,(H,17,18). The minimum Gasteiger partial charge on any atom is -0.481 e. The number of benzene rings is 1. The molecule has 1 N–H and O–H groups in total. The van der Waals surface area contributed by atoms with Gasteiger partial charge < -0.3 is 5.11 Å². The molecule has 0 radical (unpaired) electrons. The van der Waals surface area contributed by atoms with Crippen LogP contribution in [0.2, 0.25) is 0 Å². The Labute approximate surface area is 105 Å². The van der Waals surface area contributed by atoms with E-state index in [1.54, 1.807) is 24.3 Å². The van der Waals surface area contributed by atoms with Gasteiger partial charge in [-0.2, -0.15) is 0 Å². The zero-order valence-electron chi connectivity index (χ0n) is 10.3. The van der Waals surface area contributed by atoms with Crippen molar-refractivity contribution in [3.63, 3.8) is 0 Å². The van der Waals surface area contributed by atoms with Gasteiger partial charge in [-0.3, -0.25) is 19.3 Å². The lowest BCUT2D eigenvalue weighted by Gasteiger charge is -2.18.